The Labute approximate surface area is 619 Å². The standard InChI is InChI=1S/C63H98N6O40/c1-20(76)64-34-45(88)50(30(16-74)98-55(34)69-33(80)11-25(56(93)95-5)68-63(94)97-18-24-9-7-6-8-10-24)105-59-37(67-23(4)79)46(89)51(31(17-75)103-59)106-60-49(92)52(107-62-54(48(91)41(84)29(15-73)102-62)109-58-36(66-22(3)78)44(87)39(82)27(13-71)100-58)42(85)32(104-60)19-96-61-53(47(90)40(83)28(14-72)101-61)108-57-35(65-21(2)77)43(86)38(81)26(12-70)99-57/h6-10,25-32,34-55,57-62,70-75,81-92H,11-19H2,1-5H3,(H,64,76)(H,65,77)(H,66,78)(H,67,79)(H,68,94)(H,69,80)/t25-,26+,27+,28+,29+,30+,31+,32+,34+,35+,36+,37+,38+,39+,40+,41+,42+,43+,44+,45+,46+,47-,48-,49-,50+,51+,52-,53-,54-,55+,57-,58-,59-,60-,61-,62+/m0/s1. The number of carbonyl (C=O) groups excluding carboxylic acids is 7. The number of aliphatic hydroxyl groups excluding tert-OH is 18. The van der Waals surface area contributed by atoms with E-state index in [0.717, 1.165) is 34.8 Å². The third-order valence-electron chi connectivity index (χ3n) is 18.8. The molecule has 8 rings (SSSR count). The number of carbonyl (C=O) groups is 7. The van der Waals surface area contributed by atoms with E-state index < -0.39 is 315 Å². The molecule has 1 aromatic carbocycles. The van der Waals surface area contributed by atoms with Gasteiger partial charge in [-0.05, 0) is 5.56 Å². The van der Waals surface area contributed by atoms with Gasteiger partial charge in [0.05, 0.1) is 59.8 Å². The van der Waals surface area contributed by atoms with Crippen molar-refractivity contribution >= 4 is 41.6 Å². The zero-order valence-electron chi connectivity index (χ0n) is 59.1. The van der Waals surface area contributed by atoms with Crippen molar-refractivity contribution in [3.8, 4) is 0 Å². The van der Waals surface area contributed by atoms with Gasteiger partial charge < -0.3 is 195 Å². The van der Waals surface area contributed by atoms with Crippen molar-refractivity contribution in [2.45, 2.75) is 261 Å². The molecule has 7 saturated heterocycles. The van der Waals surface area contributed by atoms with Crippen LogP contribution in [0.3, 0.4) is 0 Å². The molecule has 6 amide bonds. The molecule has 109 heavy (non-hydrogen) atoms. The van der Waals surface area contributed by atoms with E-state index in [0.29, 0.717) is 5.56 Å². The number of ether oxygens (including phenoxy) is 15. The highest BCUT2D eigenvalue weighted by Crippen LogP contribution is 2.38. The molecule has 0 spiro atoms. The summed E-state index contributed by atoms with van der Waals surface area (Å²) in [5.74, 6) is -5.70. The lowest BCUT2D eigenvalue weighted by Gasteiger charge is -2.51. The summed E-state index contributed by atoms with van der Waals surface area (Å²) in [6.07, 6.45) is -65.8. The quantitative estimate of drug-likeness (QED) is 0.0318. The molecule has 7 heterocycles. The molecule has 36 atom stereocenters. The van der Waals surface area contributed by atoms with Gasteiger partial charge >= 0.3 is 12.1 Å². The number of hydrogen-bond donors (Lipinski definition) is 24. The Morgan fingerprint density at radius 1 is 0.385 bits per heavy atom. The highest BCUT2D eigenvalue weighted by atomic mass is 16.8. The van der Waals surface area contributed by atoms with Crippen molar-refractivity contribution in [1.29, 1.82) is 0 Å². The fourth-order valence-electron chi connectivity index (χ4n) is 13.3. The zero-order chi connectivity index (χ0) is 80.2. The molecule has 7 fully saturated rings. The van der Waals surface area contributed by atoms with Crippen molar-refractivity contribution in [1.82, 2.24) is 31.9 Å². The molecule has 46 heteroatoms. The Morgan fingerprint density at radius 2 is 0.761 bits per heavy atom. The highest BCUT2D eigenvalue weighted by Gasteiger charge is 2.59. The van der Waals surface area contributed by atoms with Crippen LogP contribution in [0, 0.1) is 0 Å². The average molecular weight is 1580 g/mol. The number of aliphatic hydroxyl groups is 18. The fourth-order valence-corrected chi connectivity index (χ4v) is 13.3. The van der Waals surface area contributed by atoms with E-state index in [4.69, 9.17) is 71.1 Å². The molecular formula is C63H98N6O40. The molecule has 7 aliphatic rings. The van der Waals surface area contributed by atoms with Crippen molar-refractivity contribution < 1.29 is 197 Å². The molecule has 46 nitrogen and oxygen atoms in total. The minimum atomic E-state index is -2.52. The summed E-state index contributed by atoms with van der Waals surface area (Å²) in [4.78, 5) is 90.1. The summed E-state index contributed by atoms with van der Waals surface area (Å²) in [6.45, 7) is -3.89. The highest BCUT2D eigenvalue weighted by molar-refractivity contribution is 5.88. The van der Waals surface area contributed by atoms with Crippen LogP contribution in [-0.4, -0.2) is 408 Å². The van der Waals surface area contributed by atoms with Crippen molar-refractivity contribution in [2.24, 2.45) is 0 Å². The number of rotatable bonds is 30. The van der Waals surface area contributed by atoms with Gasteiger partial charge in [0.1, 0.15) is 183 Å². The minimum absolute atomic E-state index is 0.240. The summed E-state index contributed by atoms with van der Waals surface area (Å²) in [6, 6.07) is -0.525. The number of nitrogens with one attached hydrogen (secondary N) is 6. The summed E-state index contributed by atoms with van der Waals surface area (Å²) in [5, 5.41) is 216. The fraction of sp³-hybridized carbons (Fsp3) is 0.794. The topological polar surface area (TPSA) is 694 Å². The van der Waals surface area contributed by atoms with Crippen LogP contribution in [0.15, 0.2) is 30.3 Å². The van der Waals surface area contributed by atoms with Crippen LogP contribution < -0.4 is 31.9 Å². The molecular weight excluding hydrogens is 1480 g/mol. The Hall–Kier alpha value is -5.93. The number of esters is 1. The van der Waals surface area contributed by atoms with Crippen LogP contribution in [0.2, 0.25) is 0 Å². The van der Waals surface area contributed by atoms with Crippen molar-refractivity contribution in [3.63, 3.8) is 0 Å². The second-order valence-electron chi connectivity index (χ2n) is 26.6. The molecule has 7 aliphatic heterocycles. The second kappa shape index (κ2) is 40.2. The van der Waals surface area contributed by atoms with Gasteiger partial charge in [0.2, 0.25) is 29.5 Å². The van der Waals surface area contributed by atoms with Crippen LogP contribution in [0.4, 0.5) is 4.79 Å². The summed E-state index contributed by atoms with van der Waals surface area (Å²) in [7, 11) is 0.963. The van der Waals surface area contributed by atoms with E-state index >= 15 is 0 Å². The van der Waals surface area contributed by atoms with Crippen LogP contribution in [0.25, 0.3) is 0 Å². The van der Waals surface area contributed by atoms with Gasteiger partial charge in [-0.15, -0.1) is 0 Å². The Bertz CT molecular complexity index is 3110. The lowest BCUT2D eigenvalue weighted by molar-refractivity contribution is -0.395. The Balaban J connectivity index is 1.09. The van der Waals surface area contributed by atoms with Crippen LogP contribution in [0.5, 0.6) is 0 Å². The zero-order valence-corrected chi connectivity index (χ0v) is 59.1. The van der Waals surface area contributed by atoms with Gasteiger partial charge in [-0.2, -0.15) is 0 Å². The first-order chi connectivity index (χ1) is 51.7. The van der Waals surface area contributed by atoms with Crippen molar-refractivity contribution in [2.75, 3.05) is 53.4 Å². The van der Waals surface area contributed by atoms with E-state index in [9.17, 15) is 125 Å². The lowest BCUT2D eigenvalue weighted by Crippen LogP contribution is -2.71. The van der Waals surface area contributed by atoms with E-state index in [2.05, 4.69) is 31.9 Å². The van der Waals surface area contributed by atoms with Gasteiger partial charge in [0, 0.05) is 27.7 Å². The predicted octanol–water partition coefficient (Wildman–Crippen LogP) is -14.7. The lowest BCUT2D eigenvalue weighted by atomic mass is 9.93. The molecule has 24 N–H and O–H groups in total. The number of benzene rings is 1. The number of alkyl carbamates (subject to hydrolysis) is 1. The maximum Gasteiger partial charge on any atom is 0.408 e. The summed E-state index contributed by atoms with van der Waals surface area (Å²) in [5.41, 5.74) is 0.572. The monoisotopic (exact) mass is 1580 g/mol. The largest absolute Gasteiger partial charge is 0.467 e. The van der Waals surface area contributed by atoms with Gasteiger partial charge in [-0.25, -0.2) is 9.59 Å². The molecule has 620 valence electrons. The van der Waals surface area contributed by atoms with Crippen LogP contribution >= 0.6 is 0 Å². The second-order valence-corrected chi connectivity index (χ2v) is 26.6. The van der Waals surface area contributed by atoms with Crippen LogP contribution in [0.1, 0.15) is 39.7 Å². The van der Waals surface area contributed by atoms with Gasteiger partial charge in [0.15, 0.2) is 44.0 Å². The third-order valence-corrected chi connectivity index (χ3v) is 18.8. The number of amides is 6. The van der Waals surface area contributed by atoms with Gasteiger partial charge in [0.25, 0.3) is 0 Å². The maximum absolute atomic E-state index is 13.7. The summed E-state index contributed by atoms with van der Waals surface area (Å²) < 4.78 is 87.9. The number of methoxy groups -OCH3 is 1. The minimum Gasteiger partial charge on any atom is -0.467 e. The molecule has 1 aromatic rings. The number of hydrogen-bond acceptors (Lipinski definition) is 40. The molecule has 0 saturated carbocycles. The van der Waals surface area contributed by atoms with Crippen molar-refractivity contribution in [3.05, 3.63) is 35.9 Å². The molecule has 0 aromatic heterocycles. The maximum atomic E-state index is 13.7. The van der Waals surface area contributed by atoms with Gasteiger partial charge in [-0.1, -0.05) is 30.3 Å². The first kappa shape index (κ1) is 88.6. The van der Waals surface area contributed by atoms with E-state index in [1.165, 1.54) is 0 Å². The normalized spacial score (nSPS) is 41.4. The molecule has 0 unspecified atom stereocenters. The summed E-state index contributed by atoms with van der Waals surface area (Å²) >= 11 is 0. The first-order valence-corrected chi connectivity index (χ1v) is 34.4. The third kappa shape index (κ3) is 21.5. The van der Waals surface area contributed by atoms with E-state index in [1.807, 2.05) is 0 Å². The Kier molecular flexibility index (Phi) is 32.7. The van der Waals surface area contributed by atoms with E-state index in [-0.39, 0.29) is 6.61 Å². The molecule has 0 bridgehead atoms. The SMILES string of the molecule is COC(=O)[C@H](CC(=O)N[C@@H]1O[C@H](CO)[C@@H](O[C@@H]2O[C@H](CO)[C@@H](O[C@@H]3O[C@H](CO[C@H]4O[C@H](CO)[C@@H](O)[C@H](O)[C@@H]4O[C@@H]4O[C@H](CO)[C@@H](O)[C@H](O)[C@H]4NC(C)=O)[C@@H](O)[C@H](O[C@H]4O[C@H](CO)[C@@H](O)[C@H](O)[C@@H]4O[C@@H]4O[C@H](CO)[C@@H](O)[C@H](O)[C@H]4NC(C)=O)[C@@H]3O)[C@H](O)[C@H]2NC(C)=O)[C@H](O)[C@H]1NC(C)=O)NC(=O)OCc1ccccc1. The molecule has 0 radical (unpaired) electrons. The average Bonchev–Trinajstić information content (AvgIpc) is 0.773. The molecule has 0 aliphatic carbocycles. The Morgan fingerprint density at radius 3 is 1.23 bits per heavy atom. The van der Waals surface area contributed by atoms with Crippen LogP contribution in [-0.2, 0) is 106 Å². The first-order valence-electron chi connectivity index (χ1n) is 34.4. The predicted molar refractivity (Wildman–Crippen MR) is 344 cm³/mol. The van der Waals surface area contributed by atoms with E-state index in [1.54, 1.807) is 30.3 Å². The van der Waals surface area contributed by atoms with Gasteiger partial charge in [-0.3, -0.25) is 24.0 Å². The smallest absolute Gasteiger partial charge is 0.408 e.